The van der Waals surface area contributed by atoms with Crippen LogP contribution in [0.15, 0.2) is 12.1 Å². The van der Waals surface area contributed by atoms with Crippen LogP contribution in [-0.2, 0) is 16.0 Å². The van der Waals surface area contributed by atoms with E-state index in [1.165, 1.54) is 6.07 Å². The highest BCUT2D eigenvalue weighted by Crippen LogP contribution is 2.26. The Hall–Kier alpha value is -1.71. The topological polar surface area (TPSA) is 72.5 Å². The molecule has 1 aromatic rings. The van der Waals surface area contributed by atoms with Crippen LogP contribution in [0.3, 0.4) is 0 Å². The van der Waals surface area contributed by atoms with Crippen molar-refractivity contribution in [3.8, 4) is 5.75 Å². The average molecular weight is 237 g/mol. The number of ether oxygens (including phenoxy) is 1. The summed E-state index contributed by atoms with van der Waals surface area (Å²) in [7, 11) is 0. The predicted molar refractivity (Wildman–Crippen MR) is 66.8 cm³/mol. The lowest BCUT2D eigenvalue weighted by Gasteiger charge is -2.19. The van der Waals surface area contributed by atoms with E-state index in [9.17, 15) is 9.90 Å². The Morgan fingerprint density at radius 2 is 2.00 bits per heavy atom. The fourth-order valence-corrected chi connectivity index (χ4v) is 1.50. The Morgan fingerprint density at radius 3 is 2.47 bits per heavy atom. The lowest BCUT2D eigenvalue weighted by Crippen LogP contribution is -2.24. The third-order valence-corrected chi connectivity index (χ3v) is 2.19. The zero-order valence-corrected chi connectivity index (χ0v) is 10.7. The number of esters is 1. The van der Waals surface area contributed by atoms with Crippen LogP contribution in [0.2, 0.25) is 0 Å². The van der Waals surface area contributed by atoms with Gasteiger partial charge >= 0.3 is 5.97 Å². The van der Waals surface area contributed by atoms with Gasteiger partial charge in [-0.05, 0) is 44.9 Å². The molecule has 0 saturated heterocycles. The minimum absolute atomic E-state index is 0.00330. The van der Waals surface area contributed by atoms with Crippen molar-refractivity contribution in [3.63, 3.8) is 0 Å². The van der Waals surface area contributed by atoms with E-state index in [1.54, 1.807) is 13.0 Å². The summed E-state index contributed by atoms with van der Waals surface area (Å²) < 4.78 is 5.20. The number of nitrogens with two attached hydrogens (primary N) is 1. The minimum atomic E-state index is -0.498. The van der Waals surface area contributed by atoms with Crippen LogP contribution in [0.1, 0.15) is 31.9 Å². The lowest BCUT2D eigenvalue weighted by molar-refractivity contribution is -0.153. The molecule has 0 spiro atoms. The van der Waals surface area contributed by atoms with E-state index in [0.717, 1.165) is 5.56 Å². The highest BCUT2D eigenvalue weighted by atomic mass is 16.6. The Balaban J connectivity index is 2.79. The van der Waals surface area contributed by atoms with E-state index in [2.05, 4.69) is 0 Å². The maximum Gasteiger partial charge on any atom is 0.310 e. The minimum Gasteiger partial charge on any atom is -0.506 e. The van der Waals surface area contributed by atoms with Gasteiger partial charge in [-0.2, -0.15) is 0 Å². The number of carbonyl (C=O) groups excluding carboxylic acids is 1. The molecule has 1 rings (SSSR count). The first kappa shape index (κ1) is 13.4. The summed E-state index contributed by atoms with van der Waals surface area (Å²) in [6.45, 7) is 7.23. The number of aryl methyl sites for hydroxylation is 1. The summed E-state index contributed by atoms with van der Waals surface area (Å²) in [5, 5.41) is 9.55. The summed E-state index contributed by atoms with van der Waals surface area (Å²) in [5.41, 5.74) is 6.92. The molecule has 0 amide bonds. The molecular formula is C13H19NO3. The molecular weight excluding hydrogens is 218 g/mol. The first-order chi connectivity index (χ1) is 7.69. The van der Waals surface area contributed by atoms with Gasteiger partial charge in [0.25, 0.3) is 0 Å². The smallest absolute Gasteiger partial charge is 0.310 e. The van der Waals surface area contributed by atoms with Crippen molar-refractivity contribution in [1.29, 1.82) is 0 Å². The monoisotopic (exact) mass is 237 g/mol. The molecule has 0 unspecified atom stereocenters. The summed E-state index contributed by atoms with van der Waals surface area (Å²) in [6.07, 6.45) is 0.131. The maximum absolute atomic E-state index is 11.6. The second kappa shape index (κ2) is 4.65. The molecule has 0 fully saturated rings. The summed E-state index contributed by atoms with van der Waals surface area (Å²) in [6, 6.07) is 3.27. The van der Waals surface area contributed by atoms with Gasteiger partial charge in [0.2, 0.25) is 0 Å². The zero-order chi connectivity index (χ0) is 13.2. The standard InChI is InChI=1S/C13H19NO3/c1-8-5-9(6-10(15)12(8)14)7-11(16)17-13(2,3)4/h5-6,15H,7,14H2,1-4H3. The van der Waals surface area contributed by atoms with E-state index >= 15 is 0 Å². The molecule has 0 radical (unpaired) electrons. The summed E-state index contributed by atoms with van der Waals surface area (Å²) in [5.74, 6) is -0.315. The number of aromatic hydroxyl groups is 1. The number of benzene rings is 1. The molecule has 4 nitrogen and oxygen atoms in total. The number of hydrogen-bond acceptors (Lipinski definition) is 4. The Bertz CT molecular complexity index is 410. The summed E-state index contributed by atoms with van der Waals surface area (Å²) in [4.78, 5) is 11.6. The third-order valence-electron chi connectivity index (χ3n) is 2.19. The Labute approximate surface area is 101 Å². The molecule has 0 aromatic heterocycles. The SMILES string of the molecule is Cc1cc(CC(=O)OC(C)(C)C)cc(O)c1N. The molecule has 0 saturated carbocycles. The summed E-state index contributed by atoms with van der Waals surface area (Å²) >= 11 is 0. The molecule has 0 aliphatic carbocycles. The van der Waals surface area contributed by atoms with Crippen LogP contribution < -0.4 is 5.73 Å². The number of rotatable bonds is 2. The fraction of sp³-hybridized carbons (Fsp3) is 0.462. The number of hydrogen-bond donors (Lipinski definition) is 2. The van der Waals surface area contributed by atoms with Gasteiger partial charge in [0, 0.05) is 0 Å². The van der Waals surface area contributed by atoms with Gasteiger partial charge in [-0.3, -0.25) is 4.79 Å². The maximum atomic E-state index is 11.6. The Kier molecular flexibility index (Phi) is 3.66. The second-order valence-electron chi connectivity index (χ2n) is 5.11. The van der Waals surface area contributed by atoms with Gasteiger partial charge in [0.15, 0.2) is 0 Å². The number of phenols is 1. The first-order valence-corrected chi connectivity index (χ1v) is 5.49. The van der Waals surface area contributed by atoms with Crippen molar-refractivity contribution in [3.05, 3.63) is 23.3 Å². The number of carbonyl (C=O) groups is 1. The van der Waals surface area contributed by atoms with E-state index in [-0.39, 0.29) is 18.1 Å². The quantitative estimate of drug-likeness (QED) is 0.469. The normalized spacial score (nSPS) is 11.3. The van der Waals surface area contributed by atoms with Crippen molar-refractivity contribution < 1.29 is 14.6 Å². The van der Waals surface area contributed by atoms with Crippen molar-refractivity contribution in [2.75, 3.05) is 5.73 Å². The lowest BCUT2D eigenvalue weighted by atomic mass is 10.1. The zero-order valence-electron chi connectivity index (χ0n) is 10.7. The second-order valence-corrected chi connectivity index (χ2v) is 5.11. The van der Waals surface area contributed by atoms with E-state index in [4.69, 9.17) is 10.5 Å². The van der Waals surface area contributed by atoms with Crippen molar-refractivity contribution in [2.45, 2.75) is 39.7 Å². The van der Waals surface area contributed by atoms with Crippen LogP contribution in [0.5, 0.6) is 5.75 Å². The predicted octanol–water partition coefficient (Wildman–Crippen LogP) is 2.17. The van der Waals surface area contributed by atoms with Crippen LogP contribution >= 0.6 is 0 Å². The van der Waals surface area contributed by atoms with Crippen LogP contribution in [-0.4, -0.2) is 16.7 Å². The Morgan fingerprint density at radius 1 is 1.41 bits per heavy atom. The molecule has 4 heteroatoms. The average Bonchev–Trinajstić information content (AvgIpc) is 2.10. The fourth-order valence-electron chi connectivity index (χ4n) is 1.50. The molecule has 0 aliphatic rings. The third kappa shape index (κ3) is 3.98. The molecule has 0 aliphatic heterocycles. The highest BCUT2D eigenvalue weighted by Gasteiger charge is 2.17. The van der Waals surface area contributed by atoms with Crippen molar-refractivity contribution in [2.24, 2.45) is 0 Å². The van der Waals surface area contributed by atoms with Gasteiger partial charge in [-0.15, -0.1) is 0 Å². The number of nitrogen functional groups attached to an aromatic ring is 1. The molecule has 0 bridgehead atoms. The van der Waals surface area contributed by atoms with Gasteiger partial charge in [-0.25, -0.2) is 0 Å². The van der Waals surface area contributed by atoms with E-state index < -0.39 is 5.60 Å². The number of anilines is 1. The van der Waals surface area contributed by atoms with E-state index in [0.29, 0.717) is 11.3 Å². The highest BCUT2D eigenvalue weighted by molar-refractivity contribution is 5.74. The van der Waals surface area contributed by atoms with Gasteiger partial charge in [0.1, 0.15) is 11.4 Å². The van der Waals surface area contributed by atoms with Crippen LogP contribution in [0, 0.1) is 6.92 Å². The van der Waals surface area contributed by atoms with Gasteiger partial charge in [-0.1, -0.05) is 6.07 Å². The molecule has 0 heterocycles. The van der Waals surface area contributed by atoms with E-state index in [1.807, 2.05) is 20.8 Å². The van der Waals surface area contributed by atoms with Gasteiger partial charge in [0.05, 0.1) is 12.1 Å². The molecule has 3 N–H and O–H groups in total. The van der Waals surface area contributed by atoms with Crippen molar-refractivity contribution >= 4 is 11.7 Å². The molecule has 1 aromatic carbocycles. The first-order valence-electron chi connectivity index (χ1n) is 5.49. The van der Waals surface area contributed by atoms with Crippen LogP contribution in [0.4, 0.5) is 5.69 Å². The largest absolute Gasteiger partial charge is 0.506 e. The van der Waals surface area contributed by atoms with Gasteiger partial charge < -0.3 is 15.6 Å². The molecule has 0 atom stereocenters. The molecule has 94 valence electrons. The van der Waals surface area contributed by atoms with Crippen molar-refractivity contribution in [1.82, 2.24) is 0 Å². The number of phenolic OH excluding ortho intramolecular Hbond substituents is 1. The van der Waals surface area contributed by atoms with Crippen LogP contribution in [0.25, 0.3) is 0 Å². The molecule has 17 heavy (non-hydrogen) atoms.